The Morgan fingerprint density at radius 3 is 2.50 bits per heavy atom. The predicted molar refractivity (Wildman–Crippen MR) is 69.3 cm³/mol. The van der Waals surface area contributed by atoms with E-state index in [4.69, 9.17) is 5.26 Å². The summed E-state index contributed by atoms with van der Waals surface area (Å²) < 4.78 is 13.1. The number of rotatable bonds is 3. The van der Waals surface area contributed by atoms with Gasteiger partial charge in [0.1, 0.15) is 5.82 Å². The Morgan fingerprint density at radius 1 is 1.17 bits per heavy atom. The summed E-state index contributed by atoms with van der Waals surface area (Å²) in [5.41, 5.74) is 3.21. The Labute approximate surface area is 106 Å². The van der Waals surface area contributed by atoms with Crippen LogP contribution in [0.2, 0.25) is 0 Å². The molecule has 0 aromatic heterocycles. The highest BCUT2D eigenvalue weighted by atomic mass is 19.1. The molecule has 90 valence electrons. The molecule has 2 rings (SSSR count). The minimum Gasteiger partial charge on any atom is -0.316 e. The number of nitrogens with zero attached hydrogens (tertiary/aromatic N) is 1. The SMILES string of the molecule is CNCc1ccc(-c2ccc(F)cc2C#N)cc1. The molecular formula is C15H13FN2. The molecule has 0 unspecified atom stereocenters. The highest BCUT2D eigenvalue weighted by Gasteiger charge is 2.06. The van der Waals surface area contributed by atoms with Gasteiger partial charge in [-0.1, -0.05) is 30.3 Å². The van der Waals surface area contributed by atoms with Gasteiger partial charge in [-0.25, -0.2) is 4.39 Å². The van der Waals surface area contributed by atoms with E-state index in [1.54, 1.807) is 6.07 Å². The summed E-state index contributed by atoms with van der Waals surface area (Å²) in [6, 6.07) is 14.2. The van der Waals surface area contributed by atoms with Gasteiger partial charge in [-0.2, -0.15) is 5.26 Å². The van der Waals surface area contributed by atoms with Gasteiger partial charge >= 0.3 is 0 Å². The Bertz CT molecular complexity index is 582. The van der Waals surface area contributed by atoms with Gasteiger partial charge in [-0.3, -0.25) is 0 Å². The summed E-state index contributed by atoms with van der Waals surface area (Å²) in [6.07, 6.45) is 0. The van der Waals surface area contributed by atoms with Crippen molar-refractivity contribution in [3.05, 3.63) is 59.4 Å². The molecule has 2 aromatic rings. The van der Waals surface area contributed by atoms with Gasteiger partial charge in [0, 0.05) is 6.54 Å². The fourth-order valence-electron chi connectivity index (χ4n) is 1.87. The first-order valence-electron chi connectivity index (χ1n) is 5.68. The summed E-state index contributed by atoms with van der Waals surface area (Å²) >= 11 is 0. The Morgan fingerprint density at radius 2 is 1.89 bits per heavy atom. The monoisotopic (exact) mass is 240 g/mol. The molecule has 0 aliphatic carbocycles. The molecule has 0 spiro atoms. The lowest BCUT2D eigenvalue weighted by Crippen LogP contribution is -2.04. The lowest BCUT2D eigenvalue weighted by Gasteiger charge is -2.06. The Kier molecular flexibility index (Phi) is 3.71. The number of benzene rings is 2. The molecule has 0 atom stereocenters. The average molecular weight is 240 g/mol. The number of nitriles is 1. The van der Waals surface area contributed by atoms with Gasteiger partial charge in [0.25, 0.3) is 0 Å². The third-order valence-electron chi connectivity index (χ3n) is 2.75. The standard InChI is InChI=1S/C15H13FN2/c1-18-10-11-2-4-12(5-3-11)15-7-6-14(16)8-13(15)9-17/h2-8,18H,10H2,1H3. The topological polar surface area (TPSA) is 35.8 Å². The van der Waals surface area contributed by atoms with E-state index in [1.807, 2.05) is 37.4 Å². The van der Waals surface area contributed by atoms with E-state index >= 15 is 0 Å². The van der Waals surface area contributed by atoms with Gasteiger partial charge in [0.2, 0.25) is 0 Å². The smallest absolute Gasteiger partial charge is 0.124 e. The highest BCUT2D eigenvalue weighted by Crippen LogP contribution is 2.24. The molecule has 0 aliphatic heterocycles. The van der Waals surface area contributed by atoms with E-state index in [0.717, 1.165) is 17.7 Å². The number of halogens is 1. The van der Waals surface area contributed by atoms with Crippen LogP contribution in [0.4, 0.5) is 4.39 Å². The molecule has 3 heteroatoms. The molecule has 0 radical (unpaired) electrons. The molecule has 18 heavy (non-hydrogen) atoms. The number of hydrogen-bond acceptors (Lipinski definition) is 2. The second-order valence-corrected chi connectivity index (χ2v) is 4.03. The molecule has 1 N–H and O–H groups in total. The van der Waals surface area contributed by atoms with Crippen LogP contribution in [0.3, 0.4) is 0 Å². The largest absolute Gasteiger partial charge is 0.316 e. The van der Waals surface area contributed by atoms with Crippen molar-refractivity contribution in [2.24, 2.45) is 0 Å². The van der Waals surface area contributed by atoms with E-state index in [2.05, 4.69) is 5.32 Å². The van der Waals surface area contributed by atoms with Crippen molar-refractivity contribution in [1.82, 2.24) is 5.32 Å². The van der Waals surface area contributed by atoms with Gasteiger partial charge in [0.15, 0.2) is 0 Å². The van der Waals surface area contributed by atoms with Crippen LogP contribution in [0.25, 0.3) is 11.1 Å². The molecule has 2 aromatic carbocycles. The molecular weight excluding hydrogens is 227 g/mol. The van der Waals surface area contributed by atoms with E-state index < -0.39 is 0 Å². The zero-order valence-corrected chi connectivity index (χ0v) is 10.1. The van der Waals surface area contributed by atoms with Crippen molar-refractivity contribution in [2.45, 2.75) is 6.54 Å². The van der Waals surface area contributed by atoms with Crippen molar-refractivity contribution in [3.63, 3.8) is 0 Å². The fraction of sp³-hybridized carbons (Fsp3) is 0.133. The van der Waals surface area contributed by atoms with Crippen LogP contribution in [0.1, 0.15) is 11.1 Å². The molecule has 0 fully saturated rings. The minimum absolute atomic E-state index is 0.358. The van der Waals surface area contributed by atoms with Crippen molar-refractivity contribution in [3.8, 4) is 17.2 Å². The Balaban J connectivity index is 2.40. The van der Waals surface area contributed by atoms with E-state index in [0.29, 0.717) is 5.56 Å². The van der Waals surface area contributed by atoms with Crippen LogP contribution >= 0.6 is 0 Å². The summed E-state index contributed by atoms with van der Waals surface area (Å²) in [6.45, 7) is 0.800. The molecule has 0 heterocycles. The van der Waals surface area contributed by atoms with E-state index in [-0.39, 0.29) is 5.82 Å². The van der Waals surface area contributed by atoms with Crippen LogP contribution in [-0.2, 0) is 6.54 Å². The number of nitrogens with one attached hydrogen (secondary N) is 1. The van der Waals surface area contributed by atoms with Crippen LogP contribution in [-0.4, -0.2) is 7.05 Å². The zero-order chi connectivity index (χ0) is 13.0. The van der Waals surface area contributed by atoms with Crippen LogP contribution < -0.4 is 5.32 Å². The average Bonchev–Trinajstić information content (AvgIpc) is 2.40. The van der Waals surface area contributed by atoms with E-state index in [1.165, 1.54) is 17.7 Å². The molecule has 0 amide bonds. The first-order valence-corrected chi connectivity index (χ1v) is 5.68. The summed E-state index contributed by atoms with van der Waals surface area (Å²) in [4.78, 5) is 0. The normalized spacial score (nSPS) is 10.1. The molecule has 0 saturated heterocycles. The maximum Gasteiger partial charge on any atom is 0.124 e. The summed E-state index contributed by atoms with van der Waals surface area (Å²) in [7, 11) is 1.89. The third kappa shape index (κ3) is 2.55. The molecule has 0 bridgehead atoms. The molecule has 0 saturated carbocycles. The zero-order valence-electron chi connectivity index (χ0n) is 10.1. The summed E-state index contributed by atoms with van der Waals surface area (Å²) in [5.74, 6) is -0.387. The minimum atomic E-state index is -0.387. The quantitative estimate of drug-likeness (QED) is 0.894. The third-order valence-corrected chi connectivity index (χ3v) is 2.75. The first-order chi connectivity index (χ1) is 8.74. The second-order valence-electron chi connectivity index (χ2n) is 4.03. The van der Waals surface area contributed by atoms with Crippen LogP contribution in [0, 0.1) is 17.1 Å². The maximum atomic E-state index is 13.1. The van der Waals surface area contributed by atoms with Gasteiger partial charge in [0.05, 0.1) is 11.6 Å². The second kappa shape index (κ2) is 5.44. The number of hydrogen-bond donors (Lipinski definition) is 1. The highest BCUT2D eigenvalue weighted by molar-refractivity contribution is 5.70. The van der Waals surface area contributed by atoms with Crippen molar-refractivity contribution >= 4 is 0 Å². The first kappa shape index (κ1) is 12.3. The lowest BCUT2D eigenvalue weighted by molar-refractivity contribution is 0.627. The van der Waals surface area contributed by atoms with Crippen LogP contribution in [0.15, 0.2) is 42.5 Å². The summed E-state index contributed by atoms with van der Waals surface area (Å²) in [5, 5.41) is 12.1. The lowest BCUT2D eigenvalue weighted by atomic mass is 9.99. The predicted octanol–water partition coefficient (Wildman–Crippen LogP) is 3.08. The molecule has 2 nitrogen and oxygen atoms in total. The van der Waals surface area contributed by atoms with Crippen LogP contribution in [0.5, 0.6) is 0 Å². The maximum absolute atomic E-state index is 13.1. The van der Waals surface area contributed by atoms with Gasteiger partial charge in [-0.15, -0.1) is 0 Å². The fourth-order valence-corrected chi connectivity index (χ4v) is 1.87. The van der Waals surface area contributed by atoms with Gasteiger partial charge < -0.3 is 5.32 Å². The van der Waals surface area contributed by atoms with Crippen molar-refractivity contribution in [2.75, 3.05) is 7.05 Å². The van der Waals surface area contributed by atoms with Crippen molar-refractivity contribution in [1.29, 1.82) is 5.26 Å². The van der Waals surface area contributed by atoms with Crippen molar-refractivity contribution < 1.29 is 4.39 Å². The van der Waals surface area contributed by atoms with Gasteiger partial charge in [-0.05, 0) is 35.9 Å². The Hall–Kier alpha value is -2.18. The van der Waals surface area contributed by atoms with E-state index in [9.17, 15) is 4.39 Å². The molecule has 0 aliphatic rings.